The number of hydrogen-bond donors (Lipinski definition) is 1. The fraction of sp³-hybridized carbons (Fsp3) is 0.143. The van der Waals surface area contributed by atoms with Gasteiger partial charge in [0.1, 0.15) is 0 Å². The van der Waals surface area contributed by atoms with E-state index < -0.39 is 22.6 Å². The Morgan fingerprint density at radius 1 is 1.33 bits per heavy atom. The number of hydrazone groups is 1. The fourth-order valence-corrected chi connectivity index (χ4v) is 2.61. The number of rotatable bonds is 4. The summed E-state index contributed by atoms with van der Waals surface area (Å²) in [7, 11) is -3.98. The molecule has 0 spiro atoms. The predicted octanol–water partition coefficient (Wildman–Crippen LogP) is 2.86. The molecule has 0 unspecified atom stereocenters. The minimum atomic E-state index is -3.98. The second kappa shape index (κ2) is 6.36. The van der Waals surface area contributed by atoms with Gasteiger partial charge in [-0.15, -0.1) is 0 Å². The first-order valence-electron chi connectivity index (χ1n) is 7.38. The predicted molar refractivity (Wildman–Crippen MR) is 85.6 cm³/mol. The van der Waals surface area contributed by atoms with Crippen molar-refractivity contribution in [1.29, 1.82) is 0 Å². The summed E-state index contributed by atoms with van der Waals surface area (Å²) in [6, 6.07) is 9.18. The van der Waals surface area contributed by atoms with Crippen molar-refractivity contribution in [2.75, 3.05) is 0 Å². The molecule has 2 rings (SSSR count). The summed E-state index contributed by atoms with van der Waals surface area (Å²) < 4.78 is 47.7. The van der Waals surface area contributed by atoms with Gasteiger partial charge < -0.3 is 0 Å². The van der Waals surface area contributed by atoms with Gasteiger partial charge in [0.2, 0.25) is 0 Å². The van der Waals surface area contributed by atoms with Crippen LogP contribution in [0.2, 0.25) is 0 Å². The maximum absolute atomic E-state index is 12.2. The van der Waals surface area contributed by atoms with E-state index in [2.05, 4.69) is 26.0 Å². The van der Waals surface area contributed by atoms with Crippen LogP contribution in [0.1, 0.15) is 22.2 Å². The third-order valence-electron chi connectivity index (χ3n) is 2.57. The minimum Gasteiger partial charge on any atom is -0.255 e. The van der Waals surface area contributed by atoms with Gasteiger partial charge in [-0.2, -0.15) is 18.4 Å². The molecule has 110 valence electrons. The summed E-state index contributed by atoms with van der Waals surface area (Å²) in [4.78, 5) is 5.89. The normalized spacial score (nSPS) is 15.0. The van der Waals surface area contributed by atoms with Crippen molar-refractivity contribution < 1.29 is 12.5 Å². The number of nitrogens with one attached hydrogen (secondary N) is 1. The molecule has 0 bridgehead atoms. The summed E-state index contributed by atoms with van der Waals surface area (Å²) >= 11 is 3.21. The van der Waals surface area contributed by atoms with E-state index in [1.54, 1.807) is 18.2 Å². The number of nitrogens with zero attached hydrogens (tertiary/aromatic N) is 2. The molecule has 0 fully saturated rings. The highest BCUT2D eigenvalue weighted by atomic mass is 79.9. The Bertz CT molecular complexity index is 866. The highest BCUT2D eigenvalue weighted by Crippen LogP contribution is 2.11. The van der Waals surface area contributed by atoms with E-state index in [1.165, 1.54) is 24.4 Å². The van der Waals surface area contributed by atoms with Crippen LogP contribution in [0.5, 0.6) is 0 Å². The van der Waals surface area contributed by atoms with Crippen molar-refractivity contribution in [3.8, 4) is 0 Å². The first-order chi connectivity index (χ1) is 11.1. The number of aryl methyl sites for hydroxylation is 1. The third-order valence-corrected chi connectivity index (χ3v) is 4.29. The first-order valence-corrected chi connectivity index (χ1v) is 8.16. The Hall–Kier alpha value is -1.73. The number of pyridine rings is 1. The SMILES string of the molecule is [2H]C([2H])([2H])C(=NNS(=O)(=O)c1ccc(C)cc1)c1cc(Br)ccn1. The van der Waals surface area contributed by atoms with Gasteiger partial charge in [0.05, 0.1) is 16.3 Å². The maximum Gasteiger partial charge on any atom is 0.276 e. The molecule has 0 saturated heterocycles. The van der Waals surface area contributed by atoms with E-state index in [1.807, 2.05) is 11.8 Å². The summed E-state index contributed by atoms with van der Waals surface area (Å²) in [5.74, 6) is 0. The van der Waals surface area contributed by atoms with Crippen LogP contribution in [0.4, 0.5) is 0 Å². The molecule has 0 saturated carbocycles. The number of aromatic nitrogens is 1. The Balaban J connectivity index is 2.39. The lowest BCUT2D eigenvalue weighted by Crippen LogP contribution is -2.20. The first kappa shape index (κ1) is 11.9. The number of halogens is 1. The maximum atomic E-state index is 12.2. The van der Waals surface area contributed by atoms with Crippen LogP contribution in [0.3, 0.4) is 0 Å². The van der Waals surface area contributed by atoms with E-state index in [-0.39, 0.29) is 10.6 Å². The average Bonchev–Trinajstić information content (AvgIpc) is 2.46. The second-order valence-electron chi connectivity index (χ2n) is 4.23. The lowest BCUT2D eigenvalue weighted by atomic mass is 10.2. The van der Waals surface area contributed by atoms with Gasteiger partial charge in [0.25, 0.3) is 10.0 Å². The van der Waals surface area contributed by atoms with Crippen molar-refractivity contribution in [1.82, 2.24) is 9.82 Å². The van der Waals surface area contributed by atoms with E-state index in [0.29, 0.717) is 4.47 Å². The van der Waals surface area contributed by atoms with E-state index in [0.717, 1.165) is 5.56 Å². The smallest absolute Gasteiger partial charge is 0.255 e. The van der Waals surface area contributed by atoms with Gasteiger partial charge in [-0.05, 0) is 38.0 Å². The quantitative estimate of drug-likeness (QED) is 0.664. The molecule has 21 heavy (non-hydrogen) atoms. The van der Waals surface area contributed by atoms with Gasteiger partial charge in [-0.25, -0.2) is 0 Å². The molecule has 0 aliphatic carbocycles. The van der Waals surface area contributed by atoms with Crippen LogP contribution >= 0.6 is 15.9 Å². The van der Waals surface area contributed by atoms with Crippen molar-refractivity contribution in [2.45, 2.75) is 18.7 Å². The highest BCUT2D eigenvalue weighted by Gasteiger charge is 2.12. The Labute approximate surface area is 136 Å². The third kappa shape index (κ3) is 4.12. The molecule has 0 atom stereocenters. The molecular weight excluding hydrogens is 354 g/mol. The zero-order valence-electron chi connectivity index (χ0n) is 14.0. The van der Waals surface area contributed by atoms with Crippen LogP contribution in [0, 0.1) is 6.92 Å². The van der Waals surface area contributed by atoms with Gasteiger partial charge in [0, 0.05) is 14.8 Å². The molecule has 0 amide bonds. The average molecular weight is 371 g/mol. The molecule has 1 N–H and O–H groups in total. The Kier molecular flexibility index (Phi) is 3.60. The van der Waals surface area contributed by atoms with Crippen LogP contribution in [-0.4, -0.2) is 19.1 Å². The molecule has 1 aromatic heterocycles. The molecule has 1 aromatic carbocycles. The molecule has 0 radical (unpaired) electrons. The zero-order valence-corrected chi connectivity index (χ0v) is 13.4. The summed E-state index contributed by atoms with van der Waals surface area (Å²) in [5.41, 5.74) is 0.509. The molecule has 1 heterocycles. The van der Waals surface area contributed by atoms with E-state index in [4.69, 9.17) is 4.11 Å². The van der Waals surface area contributed by atoms with E-state index in [9.17, 15) is 8.42 Å². The number of hydrogen-bond acceptors (Lipinski definition) is 4. The number of benzene rings is 1. The lowest BCUT2D eigenvalue weighted by molar-refractivity contribution is 0.584. The second-order valence-corrected chi connectivity index (χ2v) is 6.80. The molecule has 7 heteroatoms. The fourth-order valence-electron chi connectivity index (χ4n) is 1.47. The summed E-state index contributed by atoms with van der Waals surface area (Å²) in [5, 5.41) is 3.61. The van der Waals surface area contributed by atoms with Crippen LogP contribution in [0.15, 0.2) is 57.1 Å². The largest absolute Gasteiger partial charge is 0.276 e. The van der Waals surface area contributed by atoms with Gasteiger partial charge in [0.15, 0.2) is 0 Å². The van der Waals surface area contributed by atoms with Crippen LogP contribution in [-0.2, 0) is 10.0 Å². The molecule has 0 aliphatic heterocycles. The molecule has 2 aromatic rings. The van der Waals surface area contributed by atoms with Crippen LogP contribution < -0.4 is 4.83 Å². The Morgan fingerprint density at radius 3 is 2.67 bits per heavy atom. The Morgan fingerprint density at radius 2 is 2.05 bits per heavy atom. The van der Waals surface area contributed by atoms with Crippen molar-refractivity contribution in [3.05, 3.63) is 58.3 Å². The highest BCUT2D eigenvalue weighted by molar-refractivity contribution is 9.10. The van der Waals surface area contributed by atoms with Crippen LogP contribution in [0.25, 0.3) is 0 Å². The monoisotopic (exact) mass is 370 g/mol. The lowest BCUT2D eigenvalue weighted by Gasteiger charge is -2.05. The zero-order chi connectivity index (χ0) is 18.0. The summed E-state index contributed by atoms with van der Waals surface area (Å²) in [6.07, 6.45) is 1.40. The van der Waals surface area contributed by atoms with Crippen molar-refractivity contribution in [2.24, 2.45) is 5.10 Å². The minimum absolute atomic E-state index is 0.0102. The van der Waals surface area contributed by atoms with E-state index >= 15 is 0 Å². The van der Waals surface area contributed by atoms with Gasteiger partial charge >= 0.3 is 0 Å². The van der Waals surface area contributed by atoms with Crippen molar-refractivity contribution in [3.63, 3.8) is 0 Å². The number of sulfonamides is 1. The summed E-state index contributed by atoms with van der Waals surface area (Å²) in [6.45, 7) is -0.808. The van der Waals surface area contributed by atoms with Gasteiger partial charge in [-0.3, -0.25) is 4.98 Å². The molecule has 0 aliphatic rings. The standard InChI is InChI=1S/C14H14BrN3O2S/c1-10-3-5-13(6-4-10)21(19,20)18-17-11(2)14-9-12(15)7-8-16-14/h3-9,18H,1-2H3/i2D3. The van der Waals surface area contributed by atoms with Gasteiger partial charge in [-0.1, -0.05) is 33.6 Å². The van der Waals surface area contributed by atoms with Crippen molar-refractivity contribution >= 4 is 31.7 Å². The topological polar surface area (TPSA) is 71.4 Å². The molecular formula is C14H14BrN3O2S. The molecule has 5 nitrogen and oxygen atoms in total.